The van der Waals surface area contributed by atoms with E-state index in [1.807, 2.05) is 26.0 Å². The van der Waals surface area contributed by atoms with Gasteiger partial charge in [0, 0.05) is 31.3 Å². The zero-order valence-electron chi connectivity index (χ0n) is 11.8. The average Bonchev–Trinajstić information content (AvgIpc) is 2.46. The number of carbonyl (C=O) groups excluding carboxylic acids is 1. The maximum Gasteiger partial charge on any atom is 0.253 e. The predicted octanol–water partition coefficient (Wildman–Crippen LogP) is 2.09. The van der Waals surface area contributed by atoms with Crippen LogP contribution < -0.4 is 5.32 Å². The van der Waals surface area contributed by atoms with Crippen molar-refractivity contribution in [2.75, 3.05) is 19.8 Å². The highest BCUT2D eigenvalue weighted by molar-refractivity contribution is 6.05. The SMILES string of the molecule is CCOCCCNC(=O)c1cccc2cnc(C)nc12. The summed E-state index contributed by atoms with van der Waals surface area (Å²) in [6, 6.07) is 5.53. The van der Waals surface area contributed by atoms with E-state index in [9.17, 15) is 4.79 Å². The van der Waals surface area contributed by atoms with Crippen LogP contribution in [-0.2, 0) is 4.74 Å². The lowest BCUT2D eigenvalue weighted by Crippen LogP contribution is -2.25. The van der Waals surface area contributed by atoms with Crippen LogP contribution in [0.15, 0.2) is 24.4 Å². The summed E-state index contributed by atoms with van der Waals surface area (Å²) < 4.78 is 5.24. The molecule has 106 valence electrons. The molecule has 0 spiro atoms. The second kappa shape index (κ2) is 6.96. The molecule has 5 nitrogen and oxygen atoms in total. The van der Waals surface area contributed by atoms with Gasteiger partial charge in [-0.1, -0.05) is 12.1 Å². The molecule has 1 aromatic carbocycles. The number of hydrogen-bond donors (Lipinski definition) is 1. The van der Waals surface area contributed by atoms with Gasteiger partial charge < -0.3 is 10.1 Å². The van der Waals surface area contributed by atoms with Crippen molar-refractivity contribution in [1.82, 2.24) is 15.3 Å². The van der Waals surface area contributed by atoms with E-state index in [1.165, 1.54) is 0 Å². The van der Waals surface area contributed by atoms with Crippen LogP contribution in [-0.4, -0.2) is 35.6 Å². The molecule has 0 saturated heterocycles. The minimum atomic E-state index is -0.106. The van der Waals surface area contributed by atoms with E-state index in [0.717, 1.165) is 11.8 Å². The van der Waals surface area contributed by atoms with Crippen LogP contribution in [0, 0.1) is 6.92 Å². The molecule has 0 aliphatic heterocycles. The maximum absolute atomic E-state index is 12.2. The number of benzene rings is 1. The van der Waals surface area contributed by atoms with Gasteiger partial charge in [0.05, 0.1) is 11.1 Å². The maximum atomic E-state index is 12.2. The highest BCUT2D eigenvalue weighted by atomic mass is 16.5. The third-order valence-electron chi connectivity index (χ3n) is 2.93. The van der Waals surface area contributed by atoms with Crippen molar-refractivity contribution >= 4 is 16.8 Å². The zero-order valence-corrected chi connectivity index (χ0v) is 11.8. The lowest BCUT2D eigenvalue weighted by molar-refractivity contribution is 0.0945. The van der Waals surface area contributed by atoms with Gasteiger partial charge in [0.15, 0.2) is 0 Å². The Bertz CT molecular complexity index is 599. The van der Waals surface area contributed by atoms with Gasteiger partial charge in [-0.15, -0.1) is 0 Å². The molecular weight excluding hydrogens is 254 g/mol. The first-order valence-electron chi connectivity index (χ1n) is 6.80. The second-order valence-electron chi connectivity index (χ2n) is 4.47. The highest BCUT2D eigenvalue weighted by Gasteiger charge is 2.10. The monoisotopic (exact) mass is 273 g/mol. The number of ether oxygens (including phenoxy) is 1. The van der Waals surface area contributed by atoms with Crippen molar-refractivity contribution in [1.29, 1.82) is 0 Å². The molecule has 5 heteroatoms. The molecule has 0 atom stereocenters. The largest absolute Gasteiger partial charge is 0.382 e. The lowest BCUT2D eigenvalue weighted by atomic mass is 10.1. The molecular formula is C15H19N3O2. The van der Waals surface area contributed by atoms with Gasteiger partial charge in [-0.25, -0.2) is 9.97 Å². The fraction of sp³-hybridized carbons (Fsp3) is 0.400. The van der Waals surface area contributed by atoms with Crippen LogP contribution in [0.2, 0.25) is 0 Å². The summed E-state index contributed by atoms with van der Waals surface area (Å²) in [6.45, 7) is 5.73. The number of fused-ring (bicyclic) bond motifs is 1. The summed E-state index contributed by atoms with van der Waals surface area (Å²) in [4.78, 5) is 20.7. The summed E-state index contributed by atoms with van der Waals surface area (Å²) in [5, 5.41) is 3.76. The third kappa shape index (κ3) is 3.51. The Morgan fingerprint density at radius 2 is 2.25 bits per heavy atom. The van der Waals surface area contributed by atoms with Crippen LogP contribution in [0.3, 0.4) is 0 Å². The van der Waals surface area contributed by atoms with E-state index in [0.29, 0.717) is 36.7 Å². The second-order valence-corrected chi connectivity index (χ2v) is 4.47. The Balaban J connectivity index is 2.08. The fourth-order valence-corrected chi connectivity index (χ4v) is 1.94. The molecule has 1 heterocycles. The molecule has 0 unspecified atom stereocenters. The summed E-state index contributed by atoms with van der Waals surface area (Å²) in [5.41, 5.74) is 1.28. The molecule has 2 rings (SSSR count). The van der Waals surface area contributed by atoms with E-state index < -0.39 is 0 Å². The molecule has 1 aromatic heterocycles. The van der Waals surface area contributed by atoms with Crippen molar-refractivity contribution in [3.05, 3.63) is 35.8 Å². The number of aryl methyl sites for hydroxylation is 1. The Labute approximate surface area is 118 Å². The quantitative estimate of drug-likeness (QED) is 0.819. The molecule has 20 heavy (non-hydrogen) atoms. The number of rotatable bonds is 6. The molecule has 2 aromatic rings. The minimum Gasteiger partial charge on any atom is -0.382 e. The molecule has 0 radical (unpaired) electrons. The molecule has 0 bridgehead atoms. The number of aromatic nitrogens is 2. The summed E-state index contributed by atoms with van der Waals surface area (Å²) in [7, 11) is 0. The Hall–Kier alpha value is -2.01. The van der Waals surface area contributed by atoms with Gasteiger partial charge in [0.25, 0.3) is 5.91 Å². The molecule has 0 aliphatic carbocycles. The van der Waals surface area contributed by atoms with Gasteiger partial charge in [-0.3, -0.25) is 4.79 Å². The van der Waals surface area contributed by atoms with Crippen molar-refractivity contribution < 1.29 is 9.53 Å². The molecule has 0 saturated carbocycles. The van der Waals surface area contributed by atoms with Gasteiger partial charge >= 0.3 is 0 Å². The topological polar surface area (TPSA) is 64.1 Å². The fourth-order valence-electron chi connectivity index (χ4n) is 1.94. The zero-order chi connectivity index (χ0) is 14.4. The number of carbonyl (C=O) groups is 1. The number of nitrogens with zero attached hydrogens (tertiary/aromatic N) is 2. The first-order valence-corrected chi connectivity index (χ1v) is 6.80. The van der Waals surface area contributed by atoms with Gasteiger partial charge in [-0.2, -0.15) is 0 Å². The van der Waals surface area contributed by atoms with E-state index in [2.05, 4.69) is 15.3 Å². The van der Waals surface area contributed by atoms with Crippen LogP contribution in [0.1, 0.15) is 29.5 Å². The summed E-state index contributed by atoms with van der Waals surface area (Å²) >= 11 is 0. The van der Waals surface area contributed by atoms with Crippen molar-refractivity contribution in [2.45, 2.75) is 20.3 Å². The first-order chi connectivity index (χ1) is 9.72. The third-order valence-corrected chi connectivity index (χ3v) is 2.93. The predicted molar refractivity (Wildman–Crippen MR) is 77.7 cm³/mol. The van der Waals surface area contributed by atoms with Crippen LogP contribution >= 0.6 is 0 Å². The molecule has 1 amide bonds. The van der Waals surface area contributed by atoms with Gasteiger partial charge in [-0.05, 0) is 26.3 Å². The summed E-state index contributed by atoms with van der Waals surface area (Å²) in [6.07, 6.45) is 2.54. The van der Waals surface area contributed by atoms with Crippen molar-refractivity contribution in [3.8, 4) is 0 Å². The molecule has 1 N–H and O–H groups in total. The molecule has 0 fully saturated rings. The van der Waals surface area contributed by atoms with E-state index >= 15 is 0 Å². The smallest absolute Gasteiger partial charge is 0.253 e. The van der Waals surface area contributed by atoms with Gasteiger partial charge in [0.2, 0.25) is 0 Å². The Kier molecular flexibility index (Phi) is 5.01. The summed E-state index contributed by atoms with van der Waals surface area (Å²) in [5.74, 6) is 0.555. The Morgan fingerprint density at radius 3 is 3.05 bits per heavy atom. The van der Waals surface area contributed by atoms with Gasteiger partial charge in [0.1, 0.15) is 5.82 Å². The molecule has 0 aliphatic rings. The van der Waals surface area contributed by atoms with E-state index in [4.69, 9.17) is 4.74 Å². The average molecular weight is 273 g/mol. The first kappa shape index (κ1) is 14.4. The number of para-hydroxylation sites is 1. The van der Waals surface area contributed by atoms with Crippen molar-refractivity contribution in [2.24, 2.45) is 0 Å². The van der Waals surface area contributed by atoms with Crippen LogP contribution in [0.25, 0.3) is 10.9 Å². The van der Waals surface area contributed by atoms with Crippen LogP contribution in [0.5, 0.6) is 0 Å². The van der Waals surface area contributed by atoms with Crippen molar-refractivity contribution in [3.63, 3.8) is 0 Å². The number of nitrogens with one attached hydrogen (secondary N) is 1. The van der Waals surface area contributed by atoms with E-state index in [-0.39, 0.29) is 5.91 Å². The number of amides is 1. The Morgan fingerprint density at radius 1 is 1.40 bits per heavy atom. The van der Waals surface area contributed by atoms with E-state index in [1.54, 1.807) is 12.3 Å². The van der Waals surface area contributed by atoms with Crippen LogP contribution in [0.4, 0.5) is 0 Å². The lowest BCUT2D eigenvalue weighted by Gasteiger charge is -2.08. The minimum absolute atomic E-state index is 0.106. The standard InChI is InChI=1S/C15H19N3O2/c1-3-20-9-5-8-16-15(19)13-7-4-6-12-10-17-11(2)18-14(12)13/h4,6-7,10H,3,5,8-9H2,1-2H3,(H,16,19). The number of hydrogen-bond acceptors (Lipinski definition) is 4. The highest BCUT2D eigenvalue weighted by Crippen LogP contribution is 2.15. The normalized spacial score (nSPS) is 10.7.